The van der Waals surface area contributed by atoms with Crippen LogP contribution < -0.4 is 10.9 Å². The zero-order chi connectivity index (χ0) is 17.0. The second-order valence-corrected chi connectivity index (χ2v) is 5.63. The molecule has 122 valence electrons. The van der Waals surface area contributed by atoms with Crippen LogP contribution in [0.5, 0.6) is 0 Å². The second kappa shape index (κ2) is 7.04. The minimum Gasteiger partial charge on any atom is -0.467 e. The first-order valence-electron chi connectivity index (χ1n) is 7.30. The molecule has 0 spiro atoms. The van der Waals surface area contributed by atoms with E-state index >= 15 is 0 Å². The van der Waals surface area contributed by atoms with E-state index in [1.807, 2.05) is 13.8 Å². The number of nitrogens with zero attached hydrogens (tertiary/aromatic N) is 1. The summed E-state index contributed by atoms with van der Waals surface area (Å²) in [7, 11) is 1.27. The lowest BCUT2D eigenvalue weighted by molar-refractivity contribution is -0.143. The van der Waals surface area contributed by atoms with E-state index in [-0.39, 0.29) is 17.2 Å². The topological polar surface area (TPSA) is 101 Å². The number of ether oxygens (including phenoxy) is 1. The van der Waals surface area contributed by atoms with E-state index in [9.17, 15) is 14.4 Å². The van der Waals surface area contributed by atoms with Crippen LogP contribution >= 0.6 is 0 Å². The van der Waals surface area contributed by atoms with Crippen molar-refractivity contribution in [3.05, 3.63) is 40.3 Å². The van der Waals surface area contributed by atoms with Crippen molar-refractivity contribution in [1.29, 1.82) is 0 Å². The number of amides is 1. The van der Waals surface area contributed by atoms with E-state index in [0.29, 0.717) is 17.2 Å². The fraction of sp³-hybridized carbons (Fsp3) is 0.375. The Morgan fingerprint density at radius 1 is 1.26 bits per heavy atom. The largest absolute Gasteiger partial charge is 0.467 e. The van der Waals surface area contributed by atoms with Gasteiger partial charge in [0.05, 0.1) is 12.5 Å². The number of carbonyl (C=O) groups is 2. The van der Waals surface area contributed by atoms with Gasteiger partial charge in [0.15, 0.2) is 5.69 Å². The van der Waals surface area contributed by atoms with Gasteiger partial charge in [0.25, 0.3) is 11.5 Å². The average Bonchev–Trinajstić information content (AvgIpc) is 2.53. The Labute approximate surface area is 133 Å². The molecule has 1 atom stereocenters. The van der Waals surface area contributed by atoms with Crippen LogP contribution in [0, 0.1) is 5.92 Å². The zero-order valence-electron chi connectivity index (χ0n) is 13.3. The number of hydrogen-bond acceptors (Lipinski definition) is 5. The molecule has 1 amide bonds. The van der Waals surface area contributed by atoms with Crippen molar-refractivity contribution in [2.45, 2.75) is 26.3 Å². The molecule has 0 saturated carbocycles. The Kier molecular flexibility index (Phi) is 5.10. The van der Waals surface area contributed by atoms with Crippen molar-refractivity contribution >= 4 is 22.6 Å². The summed E-state index contributed by atoms with van der Waals surface area (Å²) in [6, 6.07) is 5.90. The summed E-state index contributed by atoms with van der Waals surface area (Å²) >= 11 is 0. The summed E-state index contributed by atoms with van der Waals surface area (Å²) in [5, 5.41) is 9.55. The molecule has 23 heavy (non-hydrogen) atoms. The van der Waals surface area contributed by atoms with Crippen molar-refractivity contribution in [2.75, 3.05) is 7.11 Å². The lowest BCUT2D eigenvalue weighted by Gasteiger charge is -2.18. The highest BCUT2D eigenvalue weighted by atomic mass is 16.5. The number of benzene rings is 1. The van der Waals surface area contributed by atoms with Crippen molar-refractivity contribution < 1.29 is 14.3 Å². The van der Waals surface area contributed by atoms with E-state index in [2.05, 4.69) is 15.5 Å². The van der Waals surface area contributed by atoms with Gasteiger partial charge in [-0.15, -0.1) is 0 Å². The van der Waals surface area contributed by atoms with Crippen LogP contribution in [0.2, 0.25) is 0 Å². The van der Waals surface area contributed by atoms with E-state index < -0.39 is 17.9 Å². The lowest BCUT2D eigenvalue weighted by atomic mass is 10.0. The predicted octanol–water partition coefficient (Wildman–Crippen LogP) is 1.24. The zero-order valence-corrected chi connectivity index (χ0v) is 13.3. The SMILES string of the molecule is COC(=O)[C@H](CC(C)C)NC(=O)c1n[nH]c(=O)c2ccccc12. The van der Waals surface area contributed by atoms with Gasteiger partial charge in [0, 0.05) is 5.39 Å². The molecule has 7 nitrogen and oxygen atoms in total. The number of nitrogens with one attached hydrogen (secondary N) is 2. The third-order valence-corrected chi connectivity index (χ3v) is 3.41. The molecular formula is C16H19N3O4. The van der Waals surface area contributed by atoms with Gasteiger partial charge >= 0.3 is 5.97 Å². The van der Waals surface area contributed by atoms with Gasteiger partial charge in [-0.05, 0) is 18.4 Å². The van der Waals surface area contributed by atoms with Crippen LogP contribution in [0.25, 0.3) is 10.8 Å². The van der Waals surface area contributed by atoms with E-state index in [1.54, 1.807) is 24.3 Å². The minimum absolute atomic E-state index is 0.0675. The summed E-state index contributed by atoms with van der Waals surface area (Å²) in [5.41, 5.74) is -0.304. The third-order valence-electron chi connectivity index (χ3n) is 3.41. The molecule has 1 heterocycles. The molecule has 1 aromatic carbocycles. The molecule has 0 aliphatic carbocycles. The summed E-state index contributed by atoms with van der Waals surface area (Å²) < 4.78 is 4.72. The number of fused-ring (bicyclic) bond motifs is 1. The number of aromatic nitrogens is 2. The fourth-order valence-electron chi connectivity index (χ4n) is 2.34. The second-order valence-electron chi connectivity index (χ2n) is 5.63. The van der Waals surface area contributed by atoms with Gasteiger partial charge in [-0.2, -0.15) is 5.10 Å². The van der Waals surface area contributed by atoms with Crippen molar-refractivity contribution in [3.63, 3.8) is 0 Å². The normalized spacial score (nSPS) is 12.2. The van der Waals surface area contributed by atoms with Crippen LogP contribution in [-0.4, -0.2) is 35.2 Å². The average molecular weight is 317 g/mol. The Morgan fingerprint density at radius 2 is 1.91 bits per heavy atom. The highest BCUT2D eigenvalue weighted by Gasteiger charge is 2.24. The Bertz CT molecular complexity index is 782. The highest BCUT2D eigenvalue weighted by Crippen LogP contribution is 2.13. The van der Waals surface area contributed by atoms with E-state index in [0.717, 1.165) is 0 Å². The minimum atomic E-state index is -0.764. The number of hydrogen-bond donors (Lipinski definition) is 2. The van der Waals surface area contributed by atoms with Gasteiger partial charge in [-0.1, -0.05) is 32.0 Å². The first kappa shape index (κ1) is 16.7. The molecular weight excluding hydrogens is 298 g/mol. The molecule has 0 aliphatic heterocycles. The Balaban J connectivity index is 2.35. The first-order chi connectivity index (χ1) is 10.9. The predicted molar refractivity (Wildman–Crippen MR) is 85.1 cm³/mol. The maximum atomic E-state index is 12.5. The highest BCUT2D eigenvalue weighted by molar-refractivity contribution is 6.05. The Morgan fingerprint density at radius 3 is 2.52 bits per heavy atom. The maximum Gasteiger partial charge on any atom is 0.328 e. The van der Waals surface area contributed by atoms with Crippen LogP contribution in [-0.2, 0) is 9.53 Å². The first-order valence-corrected chi connectivity index (χ1v) is 7.30. The van der Waals surface area contributed by atoms with Crippen molar-refractivity contribution in [2.24, 2.45) is 5.92 Å². The van der Waals surface area contributed by atoms with Crippen molar-refractivity contribution in [1.82, 2.24) is 15.5 Å². The number of aromatic amines is 1. The smallest absolute Gasteiger partial charge is 0.328 e. The molecule has 7 heteroatoms. The van der Waals surface area contributed by atoms with Gasteiger partial charge in [-0.25, -0.2) is 9.89 Å². The van der Waals surface area contributed by atoms with Gasteiger partial charge in [-0.3, -0.25) is 9.59 Å². The third kappa shape index (κ3) is 3.74. The lowest BCUT2D eigenvalue weighted by Crippen LogP contribution is -2.43. The summed E-state index contributed by atoms with van der Waals surface area (Å²) in [5.74, 6) is -0.853. The van der Waals surface area contributed by atoms with E-state index in [1.165, 1.54) is 7.11 Å². The molecule has 0 saturated heterocycles. The van der Waals surface area contributed by atoms with Crippen LogP contribution in [0.4, 0.5) is 0 Å². The van der Waals surface area contributed by atoms with Gasteiger partial charge in [0.2, 0.25) is 0 Å². The quantitative estimate of drug-likeness (QED) is 0.808. The number of rotatable bonds is 5. The molecule has 0 unspecified atom stereocenters. The van der Waals surface area contributed by atoms with E-state index in [4.69, 9.17) is 4.74 Å². The van der Waals surface area contributed by atoms with Crippen molar-refractivity contribution in [3.8, 4) is 0 Å². The van der Waals surface area contributed by atoms with Gasteiger partial charge in [0.1, 0.15) is 6.04 Å². The number of H-pyrrole nitrogens is 1. The maximum absolute atomic E-state index is 12.5. The molecule has 0 fully saturated rings. The molecule has 2 aromatic rings. The molecule has 1 aromatic heterocycles. The Hall–Kier alpha value is -2.70. The molecule has 2 rings (SSSR count). The van der Waals surface area contributed by atoms with Crippen LogP contribution in [0.3, 0.4) is 0 Å². The van der Waals surface area contributed by atoms with Crippen LogP contribution in [0.1, 0.15) is 30.8 Å². The fourth-order valence-corrected chi connectivity index (χ4v) is 2.34. The summed E-state index contributed by atoms with van der Waals surface area (Å²) in [6.07, 6.45) is 0.444. The summed E-state index contributed by atoms with van der Waals surface area (Å²) in [6.45, 7) is 3.88. The number of methoxy groups -OCH3 is 1. The standard InChI is InChI=1S/C16H19N3O4/c1-9(2)8-12(16(22)23-3)17-15(21)13-10-6-4-5-7-11(10)14(20)19-18-13/h4-7,9,12H,8H2,1-3H3,(H,17,21)(H,19,20)/t12-/m0/s1. The molecule has 0 bridgehead atoms. The summed E-state index contributed by atoms with van der Waals surface area (Å²) in [4.78, 5) is 36.0. The van der Waals surface area contributed by atoms with Crippen LogP contribution in [0.15, 0.2) is 29.1 Å². The van der Waals surface area contributed by atoms with Gasteiger partial charge < -0.3 is 10.1 Å². The number of esters is 1. The monoisotopic (exact) mass is 317 g/mol. The molecule has 0 radical (unpaired) electrons. The molecule has 0 aliphatic rings. The molecule has 2 N–H and O–H groups in total. The number of carbonyl (C=O) groups excluding carboxylic acids is 2.